The number of hydrogen-bond acceptors (Lipinski definition) is 3. The van der Waals surface area contributed by atoms with E-state index in [4.69, 9.17) is 4.52 Å². The summed E-state index contributed by atoms with van der Waals surface area (Å²) in [6.45, 7) is 10.5. The van der Waals surface area contributed by atoms with Gasteiger partial charge in [-0.1, -0.05) is 35.0 Å². The van der Waals surface area contributed by atoms with Gasteiger partial charge in [0.15, 0.2) is 0 Å². The van der Waals surface area contributed by atoms with Crippen LogP contribution >= 0.6 is 0 Å². The van der Waals surface area contributed by atoms with E-state index in [2.05, 4.69) is 55.5 Å². The Hall–Kier alpha value is -1.61. The Kier molecular flexibility index (Phi) is 5.18. The maximum Gasteiger partial charge on any atom is 0.138 e. The van der Waals surface area contributed by atoms with E-state index < -0.39 is 0 Å². The maximum absolute atomic E-state index is 5.25. The van der Waals surface area contributed by atoms with Crippen molar-refractivity contribution in [2.75, 3.05) is 0 Å². The zero-order chi connectivity index (χ0) is 15.4. The summed E-state index contributed by atoms with van der Waals surface area (Å²) >= 11 is 0. The molecule has 2 aromatic rings. The largest absolute Gasteiger partial charge is 0.361 e. The Labute approximate surface area is 127 Å². The van der Waals surface area contributed by atoms with Gasteiger partial charge in [-0.3, -0.25) is 0 Å². The molecule has 2 unspecified atom stereocenters. The lowest BCUT2D eigenvalue weighted by atomic mass is 10.0. The van der Waals surface area contributed by atoms with Gasteiger partial charge in [-0.2, -0.15) is 0 Å². The molecular weight excluding hydrogens is 260 g/mol. The first kappa shape index (κ1) is 15.8. The van der Waals surface area contributed by atoms with Crippen molar-refractivity contribution >= 4 is 0 Å². The van der Waals surface area contributed by atoms with Gasteiger partial charge in [-0.05, 0) is 53.0 Å². The molecule has 0 spiro atoms. The van der Waals surface area contributed by atoms with Gasteiger partial charge in [0, 0.05) is 17.6 Å². The molecule has 0 saturated heterocycles. The Morgan fingerprint density at radius 2 is 1.95 bits per heavy atom. The van der Waals surface area contributed by atoms with Crippen LogP contribution in [0.5, 0.6) is 0 Å². The number of rotatable bonds is 6. The molecule has 1 heterocycles. The second kappa shape index (κ2) is 6.90. The van der Waals surface area contributed by atoms with Crippen LogP contribution in [0.2, 0.25) is 0 Å². The Bertz CT molecular complexity index is 569. The SMILES string of the molecule is Cc1cccc(CCC(C)NC(C)c2c(C)noc2C)c1. The van der Waals surface area contributed by atoms with E-state index in [1.165, 1.54) is 16.7 Å². The van der Waals surface area contributed by atoms with Crippen molar-refractivity contribution in [3.8, 4) is 0 Å². The van der Waals surface area contributed by atoms with Crippen molar-refractivity contribution < 1.29 is 4.52 Å². The van der Waals surface area contributed by atoms with Crippen molar-refractivity contribution in [2.24, 2.45) is 0 Å². The minimum absolute atomic E-state index is 0.267. The average molecular weight is 286 g/mol. The lowest BCUT2D eigenvalue weighted by molar-refractivity contribution is 0.388. The van der Waals surface area contributed by atoms with Crippen LogP contribution in [0.15, 0.2) is 28.8 Å². The zero-order valence-corrected chi connectivity index (χ0v) is 13.7. The molecule has 0 aliphatic rings. The van der Waals surface area contributed by atoms with Gasteiger partial charge >= 0.3 is 0 Å². The molecule has 0 bridgehead atoms. The third kappa shape index (κ3) is 4.18. The minimum atomic E-state index is 0.267. The molecule has 0 aliphatic heterocycles. The Morgan fingerprint density at radius 1 is 1.19 bits per heavy atom. The zero-order valence-electron chi connectivity index (χ0n) is 13.7. The van der Waals surface area contributed by atoms with E-state index in [-0.39, 0.29) is 6.04 Å². The fourth-order valence-corrected chi connectivity index (χ4v) is 2.95. The molecule has 0 fully saturated rings. The summed E-state index contributed by atoms with van der Waals surface area (Å²) in [6.07, 6.45) is 2.22. The minimum Gasteiger partial charge on any atom is -0.361 e. The monoisotopic (exact) mass is 286 g/mol. The summed E-state index contributed by atoms with van der Waals surface area (Å²) < 4.78 is 5.25. The van der Waals surface area contributed by atoms with Gasteiger partial charge in [0.2, 0.25) is 0 Å². The summed E-state index contributed by atoms with van der Waals surface area (Å²) in [7, 11) is 0. The van der Waals surface area contributed by atoms with Gasteiger partial charge in [0.25, 0.3) is 0 Å². The highest BCUT2D eigenvalue weighted by atomic mass is 16.5. The Morgan fingerprint density at radius 3 is 2.57 bits per heavy atom. The average Bonchev–Trinajstić information content (AvgIpc) is 2.76. The van der Waals surface area contributed by atoms with E-state index in [0.29, 0.717) is 6.04 Å². The predicted molar refractivity (Wildman–Crippen MR) is 86.5 cm³/mol. The lowest BCUT2D eigenvalue weighted by Crippen LogP contribution is -2.29. The summed E-state index contributed by atoms with van der Waals surface area (Å²) in [5, 5.41) is 7.68. The standard InChI is InChI=1S/C18H26N2O/c1-12-7-6-8-17(11-12)10-9-13(2)19-14(3)18-15(4)20-21-16(18)5/h6-8,11,13-14,19H,9-10H2,1-5H3. The topological polar surface area (TPSA) is 38.1 Å². The van der Waals surface area contributed by atoms with E-state index >= 15 is 0 Å². The molecule has 3 nitrogen and oxygen atoms in total. The van der Waals surface area contributed by atoms with Crippen LogP contribution in [-0.4, -0.2) is 11.2 Å². The van der Waals surface area contributed by atoms with Crippen LogP contribution < -0.4 is 5.32 Å². The fourth-order valence-electron chi connectivity index (χ4n) is 2.95. The summed E-state index contributed by atoms with van der Waals surface area (Å²) in [5.41, 5.74) is 4.92. The van der Waals surface area contributed by atoms with Crippen LogP contribution in [0.3, 0.4) is 0 Å². The molecule has 0 saturated carbocycles. The van der Waals surface area contributed by atoms with Crippen LogP contribution in [0.25, 0.3) is 0 Å². The summed E-state index contributed by atoms with van der Waals surface area (Å²) in [5.74, 6) is 0.915. The number of nitrogens with one attached hydrogen (secondary N) is 1. The van der Waals surface area contributed by atoms with Crippen LogP contribution in [0.4, 0.5) is 0 Å². The number of aryl methyl sites for hydroxylation is 4. The van der Waals surface area contributed by atoms with Crippen molar-refractivity contribution in [3.63, 3.8) is 0 Å². The molecule has 3 heteroatoms. The van der Waals surface area contributed by atoms with Crippen molar-refractivity contribution in [2.45, 2.75) is 59.5 Å². The highest BCUT2D eigenvalue weighted by Crippen LogP contribution is 2.21. The highest BCUT2D eigenvalue weighted by Gasteiger charge is 2.17. The van der Waals surface area contributed by atoms with Crippen molar-refractivity contribution in [3.05, 3.63) is 52.4 Å². The Balaban J connectivity index is 1.88. The molecule has 2 rings (SSSR count). The van der Waals surface area contributed by atoms with E-state index in [1.807, 2.05) is 13.8 Å². The van der Waals surface area contributed by atoms with Crippen LogP contribution in [0.1, 0.15) is 54.5 Å². The highest BCUT2D eigenvalue weighted by molar-refractivity contribution is 5.25. The number of aromatic nitrogens is 1. The van der Waals surface area contributed by atoms with Crippen molar-refractivity contribution in [1.29, 1.82) is 0 Å². The second-order valence-electron chi connectivity index (χ2n) is 6.05. The molecular formula is C18H26N2O. The molecule has 2 atom stereocenters. The smallest absolute Gasteiger partial charge is 0.138 e. The molecule has 0 aliphatic carbocycles. The normalized spacial score (nSPS) is 14.1. The molecule has 1 aromatic carbocycles. The predicted octanol–water partition coefficient (Wildman–Crippen LogP) is 4.27. The van der Waals surface area contributed by atoms with Gasteiger partial charge in [-0.25, -0.2) is 0 Å². The molecule has 0 radical (unpaired) electrons. The molecule has 1 N–H and O–H groups in total. The van der Waals surface area contributed by atoms with Gasteiger partial charge in [0.05, 0.1) is 5.69 Å². The fraction of sp³-hybridized carbons (Fsp3) is 0.500. The first-order valence-corrected chi connectivity index (χ1v) is 7.71. The van der Waals surface area contributed by atoms with Gasteiger partial charge in [-0.15, -0.1) is 0 Å². The molecule has 0 amide bonds. The summed E-state index contributed by atoms with van der Waals surface area (Å²) in [6, 6.07) is 9.47. The molecule has 1 aromatic heterocycles. The second-order valence-corrected chi connectivity index (χ2v) is 6.05. The van der Waals surface area contributed by atoms with Crippen molar-refractivity contribution in [1.82, 2.24) is 10.5 Å². The van der Waals surface area contributed by atoms with Gasteiger partial charge < -0.3 is 9.84 Å². The summed E-state index contributed by atoms with van der Waals surface area (Å²) in [4.78, 5) is 0. The number of hydrogen-bond donors (Lipinski definition) is 1. The molecule has 21 heavy (non-hydrogen) atoms. The first-order chi connectivity index (χ1) is 9.97. The van der Waals surface area contributed by atoms with E-state index in [1.54, 1.807) is 0 Å². The quantitative estimate of drug-likeness (QED) is 0.861. The maximum atomic E-state index is 5.25. The third-order valence-electron chi connectivity index (χ3n) is 4.00. The first-order valence-electron chi connectivity index (χ1n) is 7.71. The van der Waals surface area contributed by atoms with Crippen LogP contribution in [-0.2, 0) is 6.42 Å². The van der Waals surface area contributed by atoms with E-state index in [9.17, 15) is 0 Å². The van der Waals surface area contributed by atoms with Crippen LogP contribution in [0, 0.1) is 20.8 Å². The third-order valence-corrected chi connectivity index (χ3v) is 4.00. The number of nitrogens with zero attached hydrogens (tertiary/aromatic N) is 1. The number of benzene rings is 1. The van der Waals surface area contributed by atoms with Gasteiger partial charge in [0.1, 0.15) is 5.76 Å². The molecule has 114 valence electrons. The lowest BCUT2D eigenvalue weighted by Gasteiger charge is -2.20. The van der Waals surface area contributed by atoms with E-state index in [0.717, 1.165) is 24.3 Å².